The zero-order valence-electron chi connectivity index (χ0n) is 15.8. The molecule has 1 aromatic heterocycles. The maximum atomic E-state index is 12.3. The second kappa shape index (κ2) is 8.47. The van der Waals surface area contributed by atoms with Crippen LogP contribution in [0.4, 0.5) is 11.4 Å². The van der Waals surface area contributed by atoms with Crippen LogP contribution in [0.15, 0.2) is 58.8 Å². The summed E-state index contributed by atoms with van der Waals surface area (Å²) in [7, 11) is 1.71. The first-order chi connectivity index (χ1) is 13.5. The number of fused-ring (bicyclic) bond motifs is 1. The van der Waals surface area contributed by atoms with Crippen molar-refractivity contribution in [3.05, 3.63) is 54.1 Å². The molecule has 0 atom stereocenters. The van der Waals surface area contributed by atoms with Crippen LogP contribution in [0.25, 0.3) is 10.9 Å². The van der Waals surface area contributed by atoms with Gasteiger partial charge in [-0.25, -0.2) is 0 Å². The molecular weight excluding hydrogens is 356 g/mol. The van der Waals surface area contributed by atoms with Crippen LogP contribution in [0, 0.1) is 0 Å². The fraction of sp³-hybridized carbons (Fsp3) is 0.238. The molecular formula is C21H22N4O3. The molecule has 2 amide bonds. The molecule has 0 saturated carbocycles. The Kier molecular flexibility index (Phi) is 5.84. The molecule has 0 bridgehead atoms. The van der Waals surface area contributed by atoms with Gasteiger partial charge in [-0.1, -0.05) is 31.5 Å². The van der Waals surface area contributed by atoms with Gasteiger partial charge in [0.2, 0.25) is 11.8 Å². The Bertz CT molecular complexity index is 1040. The van der Waals surface area contributed by atoms with Gasteiger partial charge in [0.15, 0.2) is 5.69 Å². The van der Waals surface area contributed by atoms with Crippen LogP contribution in [0.1, 0.15) is 36.5 Å². The van der Waals surface area contributed by atoms with Crippen LogP contribution < -0.4 is 5.32 Å². The number of nitrogens with one attached hydrogen (secondary N) is 1. The van der Waals surface area contributed by atoms with Crippen molar-refractivity contribution in [1.29, 1.82) is 0 Å². The van der Waals surface area contributed by atoms with E-state index in [1.807, 2.05) is 31.2 Å². The number of rotatable bonds is 6. The molecule has 144 valence electrons. The summed E-state index contributed by atoms with van der Waals surface area (Å²) >= 11 is 0. The highest BCUT2D eigenvalue weighted by Gasteiger charge is 2.14. The van der Waals surface area contributed by atoms with Gasteiger partial charge in [-0.2, -0.15) is 0 Å². The number of carbonyl (C=O) groups excluding carboxylic acids is 2. The number of hydrogen-bond acceptors (Lipinski definition) is 4. The lowest BCUT2D eigenvalue weighted by Crippen LogP contribution is -2.10. The second-order valence-electron chi connectivity index (χ2n) is 6.48. The smallest absolute Gasteiger partial charge is 0.295 e. The van der Waals surface area contributed by atoms with Crippen molar-refractivity contribution in [2.45, 2.75) is 26.2 Å². The summed E-state index contributed by atoms with van der Waals surface area (Å²) < 4.78 is 1.59. The van der Waals surface area contributed by atoms with Crippen molar-refractivity contribution in [3.8, 4) is 5.88 Å². The molecule has 7 heteroatoms. The first-order valence-electron chi connectivity index (χ1n) is 9.13. The number of azo groups is 1. The highest BCUT2D eigenvalue weighted by molar-refractivity contribution is 5.98. The molecule has 0 spiro atoms. The number of para-hydroxylation sites is 1. The SMILES string of the molecule is CCCCC(=O)Nc1ccc(C(=O)N=Nc2c(O)n(C)c3ccccc23)cc1. The summed E-state index contributed by atoms with van der Waals surface area (Å²) in [5, 5.41) is 21.5. The highest BCUT2D eigenvalue weighted by Crippen LogP contribution is 2.37. The summed E-state index contributed by atoms with van der Waals surface area (Å²) in [4.78, 5) is 24.1. The molecule has 0 aliphatic heterocycles. The van der Waals surface area contributed by atoms with E-state index < -0.39 is 5.91 Å². The molecule has 0 saturated heterocycles. The molecule has 0 aliphatic carbocycles. The van der Waals surface area contributed by atoms with E-state index in [1.54, 1.807) is 35.9 Å². The van der Waals surface area contributed by atoms with Gasteiger partial charge in [0, 0.05) is 30.1 Å². The minimum atomic E-state index is -0.531. The zero-order valence-corrected chi connectivity index (χ0v) is 15.8. The average Bonchev–Trinajstić information content (AvgIpc) is 2.95. The number of amides is 2. The summed E-state index contributed by atoms with van der Waals surface area (Å²) in [6.45, 7) is 2.03. The summed E-state index contributed by atoms with van der Waals surface area (Å²) in [5.74, 6) is -0.633. The van der Waals surface area contributed by atoms with E-state index in [9.17, 15) is 14.7 Å². The molecule has 2 N–H and O–H groups in total. The molecule has 3 aromatic rings. The van der Waals surface area contributed by atoms with Gasteiger partial charge < -0.3 is 15.0 Å². The predicted octanol–water partition coefficient (Wildman–Crippen LogP) is 4.94. The number of hydrogen-bond donors (Lipinski definition) is 2. The monoisotopic (exact) mass is 378 g/mol. The quantitative estimate of drug-likeness (QED) is 0.595. The fourth-order valence-corrected chi connectivity index (χ4v) is 2.87. The van der Waals surface area contributed by atoms with Crippen LogP contribution in [0.2, 0.25) is 0 Å². The minimum Gasteiger partial charge on any atom is -0.493 e. The van der Waals surface area contributed by atoms with Crippen LogP contribution in [-0.2, 0) is 11.8 Å². The first kappa shape index (κ1) is 19.3. The van der Waals surface area contributed by atoms with Crippen molar-refractivity contribution < 1.29 is 14.7 Å². The van der Waals surface area contributed by atoms with Crippen molar-refractivity contribution in [2.75, 3.05) is 5.32 Å². The number of aromatic hydroxyl groups is 1. The number of carbonyl (C=O) groups is 2. The van der Waals surface area contributed by atoms with E-state index in [4.69, 9.17) is 0 Å². The fourth-order valence-electron chi connectivity index (χ4n) is 2.87. The van der Waals surface area contributed by atoms with Gasteiger partial charge in [0.1, 0.15) is 0 Å². The Hall–Kier alpha value is -3.48. The molecule has 1 heterocycles. The maximum Gasteiger partial charge on any atom is 0.295 e. The first-order valence-corrected chi connectivity index (χ1v) is 9.13. The van der Waals surface area contributed by atoms with Crippen molar-refractivity contribution in [1.82, 2.24) is 4.57 Å². The molecule has 0 unspecified atom stereocenters. The zero-order chi connectivity index (χ0) is 20.1. The number of benzene rings is 2. The lowest BCUT2D eigenvalue weighted by atomic mass is 10.2. The second-order valence-corrected chi connectivity index (χ2v) is 6.48. The van der Waals surface area contributed by atoms with Gasteiger partial charge >= 0.3 is 0 Å². The minimum absolute atomic E-state index is 0.0490. The Morgan fingerprint density at radius 2 is 1.82 bits per heavy atom. The third-order valence-electron chi connectivity index (χ3n) is 4.46. The Labute approximate surface area is 162 Å². The van der Waals surface area contributed by atoms with E-state index in [1.165, 1.54) is 0 Å². The average molecular weight is 378 g/mol. The van der Waals surface area contributed by atoms with Crippen molar-refractivity contribution >= 4 is 34.1 Å². The molecule has 0 fully saturated rings. The molecule has 7 nitrogen and oxygen atoms in total. The molecule has 3 rings (SSSR count). The van der Waals surface area contributed by atoms with E-state index in [2.05, 4.69) is 15.5 Å². The van der Waals surface area contributed by atoms with Gasteiger partial charge in [-0.05, 0) is 36.8 Å². The Morgan fingerprint density at radius 3 is 2.54 bits per heavy atom. The highest BCUT2D eigenvalue weighted by atomic mass is 16.3. The van der Waals surface area contributed by atoms with Gasteiger partial charge in [0.25, 0.3) is 5.91 Å². The van der Waals surface area contributed by atoms with Gasteiger partial charge in [-0.3, -0.25) is 9.59 Å². The number of aryl methyl sites for hydroxylation is 1. The topological polar surface area (TPSA) is 96.1 Å². The Balaban J connectivity index is 1.73. The van der Waals surface area contributed by atoms with Crippen molar-refractivity contribution in [3.63, 3.8) is 0 Å². The number of anilines is 1. The standard InChI is InChI=1S/C21H22N4O3/c1-3-4-9-18(26)22-15-12-10-14(11-13-15)20(27)24-23-19-16-7-5-6-8-17(16)25(2)21(19)28/h5-8,10-13,28H,3-4,9H2,1-2H3,(H,22,26). The van der Waals surface area contributed by atoms with E-state index >= 15 is 0 Å². The molecule has 0 radical (unpaired) electrons. The summed E-state index contributed by atoms with van der Waals surface area (Å²) in [6.07, 6.45) is 2.27. The van der Waals surface area contributed by atoms with Gasteiger partial charge in [-0.15, -0.1) is 10.2 Å². The maximum absolute atomic E-state index is 12.3. The number of aromatic nitrogens is 1. The lowest BCUT2D eigenvalue weighted by Gasteiger charge is -2.04. The van der Waals surface area contributed by atoms with E-state index in [-0.39, 0.29) is 17.5 Å². The predicted molar refractivity (Wildman–Crippen MR) is 108 cm³/mol. The third-order valence-corrected chi connectivity index (χ3v) is 4.46. The van der Waals surface area contributed by atoms with Crippen LogP contribution in [0.5, 0.6) is 5.88 Å². The van der Waals surface area contributed by atoms with Crippen LogP contribution in [0.3, 0.4) is 0 Å². The molecule has 2 aromatic carbocycles. The largest absolute Gasteiger partial charge is 0.493 e. The number of nitrogens with zero attached hydrogens (tertiary/aromatic N) is 3. The third kappa shape index (κ3) is 4.09. The van der Waals surface area contributed by atoms with Crippen LogP contribution >= 0.6 is 0 Å². The van der Waals surface area contributed by atoms with Gasteiger partial charge in [0.05, 0.1) is 5.52 Å². The Morgan fingerprint density at radius 1 is 1.11 bits per heavy atom. The number of unbranched alkanes of at least 4 members (excludes halogenated alkanes) is 1. The normalized spacial score (nSPS) is 11.2. The lowest BCUT2D eigenvalue weighted by molar-refractivity contribution is -0.116. The van der Waals surface area contributed by atoms with Crippen LogP contribution in [-0.4, -0.2) is 21.5 Å². The summed E-state index contributed by atoms with van der Waals surface area (Å²) in [5.41, 5.74) is 2.02. The van der Waals surface area contributed by atoms with E-state index in [0.717, 1.165) is 18.4 Å². The van der Waals surface area contributed by atoms with E-state index in [0.29, 0.717) is 23.1 Å². The molecule has 0 aliphatic rings. The molecule has 28 heavy (non-hydrogen) atoms. The summed E-state index contributed by atoms with van der Waals surface area (Å²) in [6, 6.07) is 13.8. The van der Waals surface area contributed by atoms with Crippen molar-refractivity contribution in [2.24, 2.45) is 17.3 Å².